The van der Waals surface area contributed by atoms with Gasteiger partial charge < -0.3 is 14.6 Å². The summed E-state index contributed by atoms with van der Waals surface area (Å²) in [4.78, 5) is 0. The average Bonchev–Trinajstić information content (AvgIpc) is 3.15. The van der Waals surface area contributed by atoms with Gasteiger partial charge in [-0.05, 0) is 31.0 Å². The van der Waals surface area contributed by atoms with Crippen LogP contribution in [0.2, 0.25) is 5.02 Å². The van der Waals surface area contributed by atoms with E-state index in [4.69, 9.17) is 21.1 Å². The molecule has 1 aromatic carbocycles. The van der Waals surface area contributed by atoms with Crippen LogP contribution in [0.1, 0.15) is 30.3 Å². The maximum atomic E-state index is 9.46. The number of hydrogen-bond donors (Lipinski definition) is 1. The van der Waals surface area contributed by atoms with Gasteiger partial charge in [-0.25, -0.2) is 4.68 Å². The average molecular weight is 310 g/mol. The van der Waals surface area contributed by atoms with E-state index < -0.39 is 0 Å². The molecule has 0 amide bonds. The minimum absolute atomic E-state index is 0.0944. The summed E-state index contributed by atoms with van der Waals surface area (Å²) in [6.45, 7) is 0.545. The molecule has 1 atom stereocenters. The van der Waals surface area contributed by atoms with E-state index in [9.17, 15) is 5.11 Å². The fourth-order valence-electron chi connectivity index (χ4n) is 2.53. The SMILES string of the molecule is COc1ccc(-n2nnc(CO)c2C2CCCO2)cc1Cl. The molecule has 1 aliphatic rings. The molecule has 3 rings (SSSR count). The summed E-state index contributed by atoms with van der Waals surface area (Å²) in [6.07, 6.45) is 1.79. The molecule has 1 saturated heterocycles. The molecule has 1 unspecified atom stereocenters. The number of aliphatic hydroxyl groups is 1. The van der Waals surface area contributed by atoms with Gasteiger partial charge in [0.05, 0.1) is 30.1 Å². The number of aliphatic hydroxyl groups excluding tert-OH is 1. The Morgan fingerprint density at radius 3 is 3.00 bits per heavy atom. The Morgan fingerprint density at radius 1 is 1.52 bits per heavy atom. The molecule has 0 radical (unpaired) electrons. The first-order valence-electron chi connectivity index (χ1n) is 6.75. The largest absolute Gasteiger partial charge is 0.495 e. The Morgan fingerprint density at radius 2 is 2.38 bits per heavy atom. The topological polar surface area (TPSA) is 69.4 Å². The molecule has 112 valence electrons. The van der Waals surface area contributed by atoms with Crippen LogP contribution in [0.5, 0.6) is 5.75 Å². The Bertz CT molecular complexity index is 638. The number of nitrogens with zero attached hydrogens (tertiary/aromatic N) is 3. The third kappa shape index (κ3) is 2.62. The third-order valence-corrected chi connectivity index (χ3v) is 3.84. The molecule has 1 aliphatic heterocycles. The molecule has 0 bridgehead atoms. The van der Waals surface area contributed by atoms with Crippen molar-refractivity contribution in [2.75, 3.05) is 13.7 Å². The van der Waals surface area contributed by atoms with E-state index in [2.05, 4.69) is 10.3 Å². The Kier molecular flexibility index (Phi) is 4.10. The first kappa shape index (κ1) is 14.3. The second-order valence-corrected chi connectivity index (χ2v) is 5.22. The fraction of sp³-hybridized carbons (Fsp3) is 0.429. The lowest BCUT2D eigenvalue weighted by Crippen LogP contribution is -2.09. The van der Waals surface area contributed by atoms with Crippen LogP contribution in [0.4, 0.5) is 0 Å². The van der Waals surface area contributed by atoms with Crippen LogP contribution in [0.25, 0.3) is 5.69 Å². The normalized spacial score (nSPS) is 18.1. The summed E-state index contributed by atoms with van der Waals surface area (Å²) >= 11 is 6.16. The first-order valence-corrected chi connectivity index (χ1v) is 7.13. The van der Waals surface area contributed by atoms with Crippen molar-refractivity contribution in [3.63, 3.8) is 0 Å². The van der Waals surface area contributed by atoms with Gasteiger partial charge in [0.15, 0.2) is 0 Å². The summed E-state index contributed by atoms with van der Waals surface area (Å²) in [5.74, 6) is 0.599. The highest BCUT2D eigenvalue weighted by molar-refractivity contribution is 6.32. The maximum absolute atomic E-state index is 9.46. The number of ether oxygens (including phenoxy) is 2. The fourth-order valence-corrected chi connectivity index (χ4v) is 2.78. The standard InChI is InChI=1S/C14H16ClN3O3/c1-20-12-5-4-9(7-10(12)15)18-14(11(8-19)16-17-18)13-3-2-6-21-13/h4-5,7,13,19H,2-3,6,8H2,1H3. The predicted octanol–water partition coefficient (Wildman–Crippen LogP) is 2.27. The van der Waals surface area contributed by atoms with E-state index in [1.165, 1.54) is 0 Å². The number of rotatable bonds is 4. The van der Waals surface area contributed by atoms with Crippen molar-refractivity contribution in [1.82, 2.24) is 15.0 Å². The molecule has 21 heavy (non-hydrogen) atoms. The smallest absolute Gasteiger partial charge is 0.137 e. The summed E-state index contributed by atoms with van der Waals surface area (Å²) < 4.78 is 12.5. The summed E-state index contributed by atoms with van der Waals surface area (Å²) in [5.41, 5.74) is 2.09. The van der Waals surface area contributed by atoms with Gasteiger partial charge in [-0.1, -0.05) is 16.8 Å². The van der Waals surface area contributed by atoms with Crippen LogP contribution in [0.15, 0.2) is 18.2 Å². The van der Waals surface area contributed by atoms with Crippen molar-refractivity contribution in [2.45, 2.75) is 25.6 Å². The Balaban J connectivity index is 2.05. The van der Waals surface area contributed by atoms with Crippen LogP contribution in [0.3, 0.4) is 0 Å². The zero-order valence-electron chi connectivity index (χ0n) is 11.6. The molecule has 1 aromatic heterocycles. The van der Waals surface area contributed by atoms with Crippen LogP contribution in [-0.2, 0) is 11.3 Å². The van der Waals surface area contributed by atoms with Gasteiger partial charge in [-0.15, -0.1) is 5.10 Å². The van der Waals surface area contributed by atoms with Crippen molar-refractivity contribution in [3.05, 3.63) is 34.6 Å². The van der Waals surface area contributed by atoms with Gasteiger partial charge in [0.2, 0.25) is 0 Å². The van der Waals surface area contributed by atoms with E-state index in [1.54, 1.807) is 23.9 Å². The van der Waals surface area contributed by atoms with Gasteiger partial charge in [0.25, 0.3) is 0 Å². The van der Waals surface area contributed by atoms with Crippen molar-refractivity contribution >= 4 is 11.6 Å². The zero-order chi connectivity index (χ0) is 14.8. The number of hydrogen-bond acceptors (Lipinski definition) is 5. The van der Waals surface area contributed by atoms with E-state index in [1.807, 2.05) is 6.07 Å². The lowest BCUT2D eigenvalue weighted by Gasteiger charge is -2.14. The molecule has 1 fully saturated rings. The molecule has 2 aromatic rings. The first-order chi connectivity index (χ1) is 10.2. The van der Waals surface area contributed by atoms with Gasteiger partial charge in [-0.3, -0.25) is 0 Å². The zero-order valence-corrected chi connectivity index (χ0v) is 12.4. The van der Waals surface area contributed by atoms with E-state index in [-0.39, 0.29) is 12.7 Å². The Labute approximate surface area is 127 Å². The van der Waals surface area contributed by atoms with Crippen molar-refractivity contribution in [1.29, 1.82) is 0 Å². The summed E-state index contributed by atoms with van der Waals surface area (Å²) in [6, 6.07) is 5.38. The molecule has 7 heteroatoms. The van der Waals surface area contributed by atoms with Crippen LogP contribution >= 0.6 is 11.6 Å². The summed E-state index contributed by atoms with van der Waals surface area (Å²) in [5, 5.41) is 18.1. The van der Waals surface area contributed by atoms with Gasteiger partial charge >= 0.3 is 0 Å². The molecular formula is C14H16ClN3O3. The minimum atomic E-state index is -0.168. The van der Waals surface area contributed by atoms with Gasteiger partial charge in [0.1, 0.15) is 17.5 Å². The van der Waals surface area contributed by atoms with Crippen LogP contribution < -0.4 is 4.74 Å². The summed E-state index contributed by atoms with van der Waals surface area (Å²) in [7, 11) is 1.57. The van der Waals surface area contributed by atoms with E-state index in [0.29, 0.717) is 23.1 Å². The monoisotopic (exact) mass is 309 g/mol. The molecule has 1 N–H and O–H groups in total. The highest BCUT2D eigenvalue weighted by Gasteiger charge is 2.27. The highest BCUT2D eigenvalue weighted by atomic mass is 35.5. The maximum Gasteiger partial charge on any atom is 0.137 e. The van der Waals surface area contributed by atoms with Gasteiger partial charge in [0, 0.05) is 6.61 Å². The van der Waals surface area contributed by atoms with Crippen molar-refractivity contribution in [3.8, 4) is 11.4 Å². The molecule has 0 aliphatic carbocycles. The number of halogens is 1. The van der Waals surface area contributed by atoms with Gasteiger partial charge in [-0.2, -0.15) is 0 Å². The second-order valence-electron chi connectivity index (χ2n) is 4.81. The molecule has 0 spiro atoms. The number of benzene rings is 1. The predicted molar refractivity (Wildman–Crippen MR) is 76.8 cm³/mol. The van der Waals surface area contributed by atoms with Crippen LogP contribution in [-0.4, -0.2) is 33.8 Å². The highest BCUT2D eigenvalue weighted by Crippen LogP contribution is 2.33. The second kappa shape index (κ2) is 6.01. The number of aromatic nitrogens is 3. The van der Waals surface area contributed by atoms with E-state index in [0.717, 1.165) is 24.2 Å². The van der Waals surface area contributed by atoms with E-state index >= 15 is 0 Å². The molecule has 6 nitrogen and oxygen atoms in total. The molecular weight excluding hydrogens is 294 g/mol. The Hall–Kier alpha value is -1.63. The quantitative estimate of drug-likeness (QED) is 0.938. The number of methoxy groups -OCH3 is 1. The van der Waals surface area contributed by atoms with Crippen LogP contribution in [0, 0.1) is 0 Å². The van der Waals surface area contributed by atoms with Crippen molar-refractivity contribution < 1.29 is 14.6 Å². The van der Waals surface area contributed by atoms with Crippen molar-refractivity contribution in [2.24, 2.45) is 0 Å². The molecule has 2 heterocycles. The molecule has 0 saturated carbocycles. The lowest BCUT2D eigenvalue weighted by molar-refractivity contribution is 0.104. The lowest BCUT2D eigenvalue weighted by atomic mass is 10.1. The third-order valence-electron chi connectivity index (χ3n) is 3.54. The minimum Gasteiger partial charge on any atom is -0.495 e.